The van der Waals surface area contributed by atoms with E-state index < -0.39 is 5.41 Å². The molecule has 3 heteroatoms. The molecule has 0 N–H and O–H groups in total. The highest BCUT2D eigenvalue weighted by Gasteiger charge is 2.37. The lowest BCUT2D eigenvalue weighted by Gasteiger charge is -2.26. The summed E-state index contributed by atoms with van der Waals surface area (Å²) >= 11 is 1.87. The minimum absolute atomic E-state index is 0.167. The number of rotatable bonds is 5. The molecule has 0 bridgehead atoms. The first-order valence-corrected chi connectivity index (χ1v) is 7.62. The minimum Gasteiger partial charge on any atom is -0.465 e. The van der Waals surface area contributed by atoms with Crippen LogP contribution in [0.15, 0.2) is 41.8 Å². The first-order chi connectivity index (χ1) is 9.10. The molecule has 2 nitrogen and oxygen atoms in total. The van der Waals surface area contributed by atoms with Gasteiger partial charge in [0.25, 0.3) is 0 Å². The summed E-state index contributed by atoms with van der Waals surface area (Å²) in [4.78, 5) is 13.4. The normalized spacial score (nSPS) is 20.4. The van der Waals surface area contributed by atoms with Crippen molar-refractivity contribution in [3.8, 4) is 0 Å². The van der Waals surface area contributed by atoms with E-state index in [1.807, 2.05) is 25.6 Å². The van der Waals surface area contributed by atoms with Gasteiger partial charge in [0.2, 0.25) is 0 Å². The first kappa shape index (κ1) is 14.2. The molecule has 2 unspecified atom stereocenters. The van der Waals surface area contributed by atoms with Crippen molar-refractivity contribution in [3.05, 3.63) is 42.5 Å². The van der Waals surface area contributed by atoms with Gasteiger partial charge in [0.15, 0.2) is 0 Å². The van der Waals surface area contributed by atoms with Gasteiger partial charge in [0, 0.05) is 10.6 Å². The summed E-state index contributed by atoms with van der Waals surface area (Å²) in [6.07, 6.45) is 2.50. The quantitative estimate of drug-likeness (QED) is 0.600. The topological polar surface area (TPSA) is 26.3 Å². The van der Waals surface area contributed by atoms with Crippen LogP contribution in [0.2, 0.25) is 0 Å². The molecule has 102 valence electrons. The molecule has 1 aromatic rings. The number of hydrogen-bond donors (Lipinski definition) is 0. The number of thioether (sulfide) groups is 1. The molecule has 0 amide bonds. The summed E-state index contributed by atoms with van der Waals surface area (Å²) in [6.45, 7) is 8.00. The first-order valence-electron chi connectivity index (χ1n) is 6.63. The number of esters is 1. The average Bonchev–Trinajstić information content (AvgIpc) is 2.82. The van der Waals surface area contributed by atoms with Gasteiger partial charge in [-0.2, -0.15) is 0 Å². The van der Waals surface area contributed by atoms with Crippen LogP contribution >= 0.6 is 11.8 Å². The molecule has 19 heavy (non-hydrogen) atoms. The van der Waals surface area contributed by atoms with Gasteiger partial charge in [0.1, 0.15) is 0 Å². The highest BCUT2D eigenvalue weighted by molar-refractivity contribution is 7.99. The van der Waals surface area contributed by atoms with Crippen molar-refractivity contribution < 1.29 is 9.53 Å². The van der Waals surface area contributed by atoms with Crippen LogP contribution in [0, 0.1) is 5.41 Å². The summed E-state index contributed by atoms with van der Waals surface area (Å²) in [7, 11) is 0. The van der Waals surface area contributed by atoms with Crippen LogP contribution in [0.25, 0.3) is 0 Å². The summed E-state index contributed by atoms with van der Waals surface area (Å²) in [6, 6.07) is 8.43. The average molecular weight is 276 g/mol. The zero-order chi connectivity index (χ0) is 13.9. The van der Waals surface area contributed by atoms with E-state index in [9.17, 15) is 4.79 Å². The van der Waals surface area contributed by atoms with Crippen molar-refractivity contribution >= 4 is 17.7 Å². The zero-order valence-corrected chi connectivity index (χ0v) is 12.3. The number of carbonyl (C=O) groups excluding carboxylic acids is 1. The van der Waals surface area contributed by atoms with Crippen molar-refractivity contribution in [2.45, 2.75) is 31.1 Å². The van der Waals surface area contributed by atoms with Gasteiger partial charge >= 0.3 is 5.97 Å². The van der Waals surface area contributed by atoms with Gasteiger partial charge in [-0.3, -0.25) is 4.79 Å². The van der Waals surface area contributed by atoms with E-state index in [2.05, 4.69) is 30.8 Å². The number of ether oxygens (including phenoxy) is 1. The standard InChI is InChI=1S/C16H20O2S/c1-4-16(3,15(17)18-5-2)10-12-11-19-14-9-7-6-8-13(12)14/h4,6-9,12H,1,5,10-11H2,2-3H3. The highest BCUT2D eigenvalue weighted by Crippen LogP contribution is 2.45. The summed E-state index contributed by atoms with van der Waals surface area (Å²) in [5, 5.41) is 0. The fraction of sp³-hybridized carbons (Fsp3) is 0.438. The Morgan fingerprint density at radius 3 is 3.00 bits per heavy atom. The maximum Gasteiger partial charge on any atom is 0.315 e. The molecule has 1 heterocycles. The van der Waals surface area contributed by atoms with Crippen molar-refractivity contribution in [2.75, 3.05) is 12.4 Å². The third-order valence-electron chi connectivity index (χ3n) is 3.66. The molecule has 0 saturated heterocycles. The molecule has 0 saturated carbocycles. The smallest absolute Gasteiger partial charge is 0.315 e. The Bertz CT molecular complexity index is 483. The van der Waals surface area contributed by atoms with E-state index in [-0.39, 0.29) is 5.97 Å². The molecule has 1 aliphatic rings. The van der Waals surface area contributed by atoms with Crippen LogP contribution < -0.4 is 0 Å². The molecule has 0 fully saturated rings. The predicted molar refractivity (Wildman–Crippen MR) is 79.5 cm³/mol. The molecule has 0 aliphatic carbocycles. The highest BCUT2D eigenvalue weighted by atomic mass is 32.2. The second-order valence-corrected chi connectivity index (χ2v) is 6.15. The molecule has 1 aromatic carbocycles. The van der Waals surface area contributed by atoms with Crippen LogP contribution in [0.4, 0.5) is 0 Å². The monoisotopic (exact) mass is 276 g/mol. The lowest BCUT2D eigenvalue weighted by Crippen LogP contribution is -2.29. The van der Waals surface area contributed by atoms with Crippen molar-refractivity contribution in [3.63, 3.8) is 0 Å². The molecular weight excluding hydrogens is 256 g/mol. The Morgan fingerprint density at radius 1 is 1.58 bits per heavy atom. The van der Waals surface area contributed by atoms with Gasteiger partial charge in [-0.15, -0.1) is 18.3 Å². The van der Waals surface area contributed by atoms with Crippen molar-refractivity contribution in [1.82, 2.24) is 0 Å². The van der Waals surface area contributed by atoms with Crippen LogP contribution in [-0.2, 0) is 9.53 Å². The third-order valence-corrected chi connectivity index (χ3v) is 4.91. The van der Waals surface area contributed by atoms with Gasteiger partial charge in [-0.05, 0) is 37.8 Å². The zero-order valence-electron chi connectivity index (χ0n) is 11.5. The fourth-order valence-corrected chi connectivity index (χ4v) is 3.71. The lowest BCUT2D eigenvalue weighted by atomic mass is 9.79. The largest absolute Gasteiger partial charge is 0.465 e. The van der Waals surface area contributed by atoms with Crippen LogP contribution in [0.3, 0.4) is 0 Å². The Kier molecular flexibility index (Phi) is 4.35. The number of benzene rings is 1. The minimum atomic E-state index is -0.599. The van der Waals surface area contributed by atoms with Crippen LogP contribution in [0.1, 0.15) is 31.7 Å². The second kappa shape index (κ2) is 5.83. The number of fused-ring (bicyclic) bond motifs is 1. The summed E-state index contributed by atoms with van der Waals surface area (Å²) in [5.41, 5.74) is 0.753. The number of hydrogen-bond acceptors (Lipinski definition) is 3. The van der Waals surface area contributed by atoms with Gasteiger partial charge in [-0.1, -0.05) is 24.3 Å². The Labute approximate surface area is 119 Å². The van der Waals surface area contributed by atoms with Gasteiger partial charge in [-0.25, -0.2) is 0 Å². The molecule has 0 aromatic heterocycles. The van der Waals surface area contributed by atoms with E-state index in [1.165, 1.54) is 10.5 Å². The van der Waals surface area contributed by atoms with E-state index in [4.69, 9.17) is 4.74 Å². The summed E-state index contributed by atoms with van der Waals surface area (Å²) < 4.78 is 5.18. The SMILES string of the molecule is C=CC(C)(CC1CSc2ccccc21)C(=O)OCC. The van der Waals surface area contributed by atoms with E-state index in [0.29, 0.717) is 12.5 Å². The Hall–Kier alpha value is -1.22. The molecular formula is C16H20O2S. The van der Waals surface area contributed by atoms with Gasteiger partial charge in [0.05, 0.1) is 12.0 Å². The maximum atomic E-state index is 12.1. The lowest BCUT2D eigenvalue weighted by molar-refractivity contribution is -0.152. The Balaban J connectivity index is 2.16. The van der Waals surface area contributed by atoms with Gasteiger partial charge < -0.3 is 4.74 Å². The van der Waals surface area contributed by atoms with Crippen molar-refractivity contribution in [1.29, 1.82) is 0 Å². The molecule has 2 atom stereocenters. The Morgan fingerprint density at radius 2 is 2.32 bits per heavy atom. The van der Waals surface area contributed by atoms with Crippen LogP contribution in [0.5, 0.6) is 0 Å². The van der Waals surface area contributed by atoms with E-state index in [1.54, 1.807) is 6.08 Å². The second-order valence-electron chi connectivity index (χ2n) is 5.09. The molecule has 2 rings (SSSR count). The fourth-order valence-electron chi connectivity index (χ4n) is 2.46. The molecule has 1 aliphatic heterocycles. The molecule has 0 radical (unpaired) electrons. The maximum absolute atomic E-state index is 12.1. The molecule has 0 spiro atoms. The van der Waals surface area contributed by atoms with E-state index in [0.717, 1.165) is 12.2 Å². The predicted octanol–water partition coefficient (Wildman–Crippen LogP) is 4.02. The van der Waals surface area contributed by atoms with E-state index >= 15 is 0 Å². The van der Waals surface area contributed by atoms with Crippen LogP contribution in [-0.4, -0.2) is 18.3 Å². The van der Waals surface area contributed by atoms with Crippen molar-refractivity contribution in [2.24, 2.45) is 5.41 Å². The number of carbonyl (C=O) groups is 1. The third kappa shape index (κ3) is 2.86. The summed E-state index contributed by atoms with van der Waals surface area (Å²) in [5.74, 6) is 1.26.